The zero-order valence-electron chi connectivity index (χ0n) is 12.1. The van der Waals surface area contributed by atoms with E-state index < -0.39 is 0 Å². The lowest BCUT2D eigenvalue weighted by molar-refractivity contribution is -0.385. The number of benzene rings is 1. The first kappa shape index (κ1) is 14.8. The van der Waals surface area contributed by atoms with Gasteiger partial charge in [-0.15, -0.1) is 0 Å². The molecule has 3 unspecified atom stereocenters. The first-order valence-corrected chi connectivity index (χ1v) is 7.85. The largest absolute Gasteiger partial charge is 0.316 e. The maximum atomic E-state index is 11.2. The van der Waals surface area contributed by atoms with Crippen molar-refractivity contribution in [3.8, 4) is 0 Å². The van der Waals surface area contributed by atoms with Gasteiger partial charge in [0.25, 0.3) is 5.69 Å². The molecule has 0 amide bonds. The molecule has 0 aromatic heterocycles. The molecule has 1 aromatic rings. The number of halogens is 1. The summed E-state index contributed by atoms with van der Waals surface area (Å²) in [6, 6.07) is 5.34. The van der Waals surface area contributed by atoms with Crippen LogP contribution in [0.3, 0.4) is 0 Å². The number of nitrogens with zero attached hydrogens (tertiary/aromatic N) is 2. The minimum atomic E-state index is -0.314. The van der Waals surface area contributed by atoms with Crippen LogP contribution in [0, 0.1) is 22.0 Å². The van der Waals surface area contributed by atoms with Gasteiger partial charge in [-0.2, -0.15) is 0 Å². The standard InChI is InChI=1S/C15H20ClN3O2/c1-2-14-13-7-17-6-11(13)9-18(14)8-10-5-12(16)3-4-15(10)19(20)21/h3-5,11,13-14,17H,2,6-9H2,1H3. The summed E-state index contributed by atoms with van der Waals surface area (Å²) < 4.78 is 0. The Bertz CT molecular complexity index is 552. The zero-order chi connectivity index (χ0) is 15.0. The van der Waals surface area contributed by atoms with Gasteiger partial charge in [0.05, 0.1) is 4.92 Å². The fourth-order valence-electron chi connectivity index (χ4n) is 3.93. The third-order valence-corrected chi connectivity index (χ3v) is 5.09. The summed E-state index contributed by atoms with van der Waals surface area (Å²) in [5, 5.41) is 15.2. The smallest absolute Gasteiger partial charge is 0.273 e. The van der Waals surface area contributed by atoms with E-state index in [1.54, 1.807) is 12.1 Å². The molecule has 1 aromatic carbocycles. The molecule has 2 aliphatic heterocycles. The molecule has 1 N–H and O–H groups in total. The number of rotatable bonds is 4. The Balaban J connectivity index is 1.83. The summed E-state index contributed by atoms with van der Waals surface area (Å²) in [5.41, 5.74) is 0.892. The molecule has 3 atom stereocenters. The maximum absolute atomic E-state index is 11.2. The Labute approximate surface area is 129 Å². The third kappa shape index (κ3) is 2.78. The summed E-state index contributed by atoms with van der Waals surface area (Å²) >= 11 is 6.02. The van der Waals surface area contributed by atoms with Crippen molar-refractivity contribution in [3.05, 3.63) is 38.9 Å². The van der Waals surface area contributed by atoms with E-state index in [9.17, 15) is 10.1 Å². The Morgan fingerprint density at radius 1 is 1.48 bits per heavy atom. The highest BCUT2D eigenvalue weighted by Gasteiger charge is 2.43. The van der Waals surface area contributed by atoms with Crippen molar-refractivity contribution in [1.29, 1.82) is 0 Å². The summed E-state index contributed by atoms with van der Waals surface area (Å²) in [6.45, 7) is 5.96. The lowest BCUT2D eigenvalue weighted by Crippen LogP contribution is -2.34. The van der Waals surface area contributed by atoms with E-state index in [1.807, 2.05) is 0 Å². The van der Waals surface area contributed by atoms with Crippen LogP contribution < -0.4 is 5.32 Å². The number of nitro groups is 1. The molecule has 2 fully saturated rings. The normalized spacial score (nSPS) is 28.8. The Morgan fingerprint density at radius 2 is 2.29 bits per heavy atom. The summed E-state index contributed by atoms with van der Waals surface area (Å²) in [4.78, 5) is 13.3. The highest BCUT2D eigenvalue weighted by Crippen LogP contribution is 2.36. The molecule has 3 rings (SSSR count). The van der Waals surface area contributed by atoms with Crippen LogP contribution in [0.1, 0.15) is 18.9 Å². The predicted octanol–water partition coefficient (Wildman–Crippen LogP) is 2.68. The zero-order valence-corrected chi connectivity index (χ0v) is 12.8. The van der Waals surface area contributed by atoms with Crippen molar-refractivity contribution in [1.82, 2.24) is 10.2 Å². The van der Waals surface area contributed by atoms with Crippen LogP contribution in [-0.4, -0.2) is 35.5 Å². The molecular formula is C15H20ClN3O2. The van der Waals surface area contributed by atoms with Gasteiger partial charge in [0.1, 0.15) is 0 Å². The molecule has 5 nitrogen and oxygen atoms in total. The van der Waals surface area contributed by atoms with Crippen LogP contribution >= 0.6 is 11.6 Å². The van der Waals surface area contributed by atoms with E-state index in [4.69, 9.17) is 11.6 Å². The Hall–Kier alpha value is -1.17. The van der Waals surface area contributed by atoms with Gasteiger partial charge in [0, 0.05) is 35.8 Å². The van der Waals surface area contributed by atoms with Crippen LogP contribution in [0.25, 0.3) is 0 Å². The minimum absolute atomic E-state index is 0.171. The molecule has 6 heteroatoms. The lowest BCUT2D eigenvalue weighted by atomic mass is 9.93. The van der Waals surface area contributed by atoms with E-state index in [-0.39, 0.29) is 10.6 Å². The van der Waals surface area contributed by atoms with Crippen LogP contribution in [-0.2, 0) is 6.54 Å². The molecule has 0 spiro atoms. The number of fused-ring (bicyclic) bond motifs is 1. The number of likely N-dealkylation sites (tertiary alicyclic amines) is 1. The Morgan fingerprint density at radius 3 is 3.00 bits per heavy atom. The number of nitrogens with one attached hydrogen (secondary N) is 1. The topological polar surface area (TPSA) is 58.4 Å². The van der Waals surface area contributed by atoms with Gasteiger partial charge >= 0.3 is 0 Å². The maximum Gasteiger partial charge on any atom is 0.273 e. The molecule has 2 saturated heterocycles. The Kier molecular flexibility index (Phi) is 4.15. The lowest BCUT2D eigenvalue weighted by Gasteiger charge is -2.26. The van der Waals surface area contributed by atoms with Crippen LogP contribution in [0.5, 0.6) is 0 Å². The molecule has 0 saturated carbocycles. The van der Waals surface area contributed by atoms with E-state index in [0.717, 1.165) is 31.6 Å². The average Bonchev–Trinajstić information content (AvgIpc) is 2.98. The second-order valence-corrected chi connectivity index (χ2v) is 6.45. The monoisotopic (exact) mass is 309 g/mol. The number of nitro benzene ring substituents is 1. The molecule has 2 heterocycles. The summed E-state index contributed by atoms with van der Waals surface area (Å²) in [6.07, 6.45) is 1.08. The average molecular weight is 310 g/mol. The first-order chi connectivity index (χ1) is 10.1. The van der Waals surface area contributed by atoms with Gasteiger partial charge in [0.2, 0.25) is 0 Å². The van der Waals surface area contributed by atoms with Crippen LogP contribution in [0.4, 0.5) is 5.69 Å². The SMILES string of the molecule is CCC1C2CNCC2CN1Cc1cc(Cl)ccc1[N+](=O)[O-]. The highest BCUT2D eigenvalue weighted by atomic mass is 35.5. The van der Waals surface area contributed by atoms with Gasteiger partial charge in [-0.25, -0.2) is 0 Å². The van der Waals surface area contributed by atoms with Crippen LogP contribution in [0.2, 0.25) is 5.02 Å². The number of hydrogen-bond acceptors (Lipinski definition) is 4. The summed E-state index contributed by atoms with van der Waals surface area (Å²) in [7, 11) is 0. The highest BCUT2D eigenvalue weighted by molar-refractivity contribution is 6.30. The quantitative estimate of drug-likeness (QED) is 0.686. The van der Waals surface area contributed by atoms with Gasteiger partial charge in [0.15, 0.2) is 0 Å². The van der Waals surface area contributed by atoms with Crippen molar-refractivity contribution in [2.45, 2.75) is 25.9 Å². The van der Waals surface area contributed by atoms with Crippen molar-refractivity contribution >= 4 is 17.3 Å². The fourth-order valence-corrected chi connectivity index (χ4v) is 4.13. The predicted molar refractivity (Wildman–Crippen MR) is 82.4 cm³/mol. The molecule has 114 valence electrons. The molecule has 0 aliphatic carbocycles. The van der Waals surface area contributed by atoms with E-state index in [1.165, 1.54) is 6.07 Å². The second-order valence-electron chi connectivity index (χ2n) is 6.02. The molecule has 0 radical (unpaired) electrons. The summed E-state index contributed by atoms with van der Waals surface area (Å²) in [5.74, 6) is 1.35. The molecular weight excluding hydrogens is 290 g/mol. The van der Waals surface area contributed by atoms with Crippen molar-refractivity contribution < 1.29 is 4.92 Å². The minimum Gasteiger partial charge on any atom is -0.316 e. The van der Waals surface area contributed by atoms with Gasteiger partial charge in [-0.05, 0) is 43.5 Å². The van der Waals surface area contributed by atoms with E-state index in [0.29, 0.717) is 29.4 Å². The molecule has 0 bridgehead atoms. The van der Waals surface area contributed by atoms with Crippen molar-refractivity contribution in [3.63, 3.8) is 0 Å². The van der Waals surface area contributed by atoms with E-state index >= 15 is 0 Å². The molecule has 2 aliphatic rings. The molecule has 21 heavy (non-hydrogen) atoms. The third-order valence-electron chi connectivity index (χ3n) is 4.85. The first-order valence-electron chi connectivity index (χ1n) is 7.47. The van der Waals surface area contributed by atoms with Crippen LogP contribution in [0.15, 0.2) is 18.2 Å². The second kappa shape index (κ2) is 5.91. The van der Waals surface area contributed by atoms with Gasteiger partial charge < -0.3 is 5.32 Å². The van der Waals surface area contributed by atoms with Gasteiger partial charge in [-0.3, -0.25) is 15.0 Å². The number of hydrogen-bond donors (Lipinski definition) is 1. The van der Waals surface area contributed by atoms with Crippen molar-refractivity contribution in [2.24, 2.45) is 11.8 Å². The van der Waals surface area contributed by atoms with Gasteiger partial charge in [-0.1, -0.05) is 18.5 Å². The van der Waals surface area contributed by atoms with E-state index in [2.05, 4.69) is 17.1 Å². The van der Waals surface area contributed by atoms with Crippen molar-refractivity contribution in [2.75, 3.05) is 19.6 Å². The fraction of sp³-hybridized carbons (Fsp3) is 0.600.